The molecule has 20 heavy (non-hydrogen) atoms. The summed E-state index contributed by atoms with van der Waals surface area (Å²) in [6.07, 6.45) is 3.93. The molecular weight excluding hydrogens is 248 g/mol. The number of benzene rings is 1. The third-order valence-electron chi connectivity index (χ3n) is 3.65. The molecule has 0 aliphatic carbocycles. The number of aromatic nitrogens is 2. The van der Waals surface area contributed by atoms with Gasteiger partial charge in [-0.3, -0.25) is 0 Å². The van der Waals surface area contributed by atoms with Crippen molar-refractivity contribution in [3.8, 4) is 5.75 Å². The Morgan fingerprint density at radius 1 is 1.25 bits per heavy atom. The molecule has 0 spiro atoms. The second-order valence-corrected chi connectivity index (χ2v) is 5.34. The lowest BCUT2D eigenvalue weighted by Crippen LogP contribution is -2.08. The average molecular weight is 272 g/mol. The van der Waals surface area contributed by atoms with Crippen LogP contribution in [0.25, 0.3) is 0 Å². The van der Waals surface area contributed by atoms with Crippen molar-refractivity contribution in [1.29, 1.82) is 0 Å². The zero-order valence-electron chi connectivity index (χ0n) is 12.9. The highest BCUT2D eigenvalue weighted by Crippen LogP contribution is 2.22. The molecule has 2 aromatic rings. The van der Waals surface area contributed by atoms with Crippen molar-refractivity contribution < 1.29 is 4.74 Å². The molecule has 0 atom stereocenters. The molecule has 0 N–H and O–H groups in total. The van der Waals surface area contributed by atoms with Crippen LogP contribution in [0.4, 0.5) is 0 Å². The van der Waals surface area contributed by atoms with Crippen molar-refractivity contribution >= 4 is 0 Å². The first kappa shape index (κ1) is 14.6. The highest BCUT2D eigenvalue weighted by Gasteiger charge is 2.13. The molecule has 0 aliphatic rings. The van der Waals surface area contributed by atoms with Crippen molar-refractivity contribution in [2.75, 3.05) is 7.11 Å². The smallest absolute Gasteiger partial charge is 0.122 e. The van der Waals surface area contributed by atoms with E-state index in [9.17, 15) is 0 Å². The van der Waals surface area contributed by atoms with Crippen molar-refractivity contribution in [2.45, 2.75) is 46.1 Å². The van der Waals surface area contributed by atoms with Gasteiger partial charge >= 0.3 is 0 Å². The summed E-state index contributed by atoms with van der Waals surface area (Å²) in [5.41, 5.74) is 3.83. The number of hydrogen-bond donors (Lipinski definition) is 0. The SMILES string of the molecule is CCc1ncn(CCc2ccccc2OC)c1C(C)C. The maximum Gasteiger partial charge on any atom is 0.122 e. The van der Waals surface area contributed by atoms with Gasteiger partial charge in [0.05, 0.1) is 19.1 Å². The molecule has 3 nitrogen and oxygen atoms in total. The van der Waals surface area contributed by atoms with Crippen LogP contribution in [0.2, 0.25) is 0 Å². The van der Waals surface area contributed by atoms with Crippen molar-refractivity contribution in [1.82, 2.24) is 9.55 Å². The number of nitrogens with zero attached hydrogens (tertiary/aromatic N) is 2. The number of aryl methyl sites for hydroxylation is 3. The number of para-hydroxylation sites is 1. The van der Waals surface area contributed by atoms with Crippen LogP contribution in [0.1, 0.15) is 43.6 Å². The molecule has 1 aromatic heterocycles. The van der Waals surface area contributed by atoms with Gasteiger partial charge in [-0.25, -0.2) is 4.98 Å². The highest BCUT2D eigenvalue weighted by molar-refractivity contribution is 5.33. The number of rotatable bonds is 6. The lowest BCUT2D eigenvalue weighted by molar-refractivity contribution is 0.408. The maximum absolute atomic E-state index is 5.41. The largest absolute Gasteiger partial charge is 0.496 e. The minimum absolute atomic E-state index is 0.505. The fourth-order valence-electron chi connectivity index (χ4n) is 2.70. The predicted octanol–water partition coefficient (Wildman–Crippen LogP) is 3.82. The summed E-state index contributed by atoms with van der Waals surface area (Å²) in [5, 5.41) is 0. The summed E-state index contributed by atoms with van der Waals surface area (Å²) in [5.74, 6) is 1.47. The molecule has 0 saturated heterocycles. The minimum atomic E-state index is 0.505. The Hall–Kier alpha value is -1.77. The molecule has 1 heterocycles. The van der Waals surface area contributed by atoms with Crippen LogP contribution < -0.4 is 4.74 Å². The van der Waals surface area contributed by atoms with Crippen molar-refractivity contribution in [3.05, 3.63) is 47.5 Å². The van der Waals surface area contributed by atoms with E-state index in [1.807, 2.05) is 18.5 Å². The van der Waals surface area contributed by atoms with Gasteiger partial charge in [-0.15, -0.1) is 0 Å². The molecule has 0 saturated carbocycles. The standard InChI is InChI=1S/C17H24N2O/c1-5-15-17(13(2)3)19(12-18-15)11-10-14-8-6-7-9-16(14)20-4/h6-9,12-13H,5,10-11H2,1-4H3. The molecule has 0 radical (unpaired) electrons. The molecule has 0 bridgehead atoms. The molecule has 0 aliphatic heterocycles. The van der Waals surface area contributed by atoms with Crippen LogP contribution in [0.15, 0.2) is 30.6 Å². The van der Waals surface area contributed by atoms with E-state index in [-0.39, 0.29) is 0 Å². The van der Waals surface area contributed by atoms with Gasteiger partial charge in [0.1, 0.15) is 5.75 Å². The van der Waals surface area contributed by atoms with E-state index >= 15 is 0 Å². The summed E-state index contributed by atoms with van der Waals surface area (Å²) in [4.78, 5) is 4.54. The van der Waals surface area contributed by atoms with E-state index in [0.29, 0.717) is 5.92 Å². The van der Waals surface area contributed by atoms with Crippen LogP contribution in [0.3, 0.4) is 0 Å². The Kier molecular flexibility index (Phi) is 4.83. The van der Waals surface area contributed by atoms with Crippen LogP contribution >= 0.6 is 0 Å². The normalized spacial score (nSPS) is 11.1. The molecule has 3 heteroatoms. The number of methoxy groups -OCH3 is 1. The maximum atomic E-state index is 5.41. The van der Waals surface area contributed by atoms with Gasteiger partial charge in [0.2, 0.25) is 0 Å². The molecule has 108 valence electrons. The molecule has 2 rings (SSSR count). The van der Waals surface area contributed by atoms with Gasteiger partial charge in [0.15, 0.2) is 0 Å². The zero-order chi connectivity index (χ0) is 14.5. The van der Waals surface area contributed by atoms with Gasteiger partial charge in [-0.05, 0) is 30.4 Å². The highest BCUT2D eigenvalue weighted by atomic mass is 16.5. The molecule has 0 fully saturated rings. The summed E-state index contributed by atoms with van der Waals surface area (Å²) in [6.45, 7) is 7.57. The monoisotopic (exact) mass is 272 g/mol. The molecule has 1 aromatic carbocycles. The Morgan fingerprint density at radius 2 is 2.00 bits per heavy atom. The Balaban J connectivity index is 2.17. The second kappa shape index (κ2) is 6.60. The van der Waals surface area contributed by atoms with Crippen LogP contribution in [0, 0.1) is 0 Å². The fraction of sp³-hybridized carbons (Fsp3) is 0.471. The zero-order valence-corrected chi connectivity index (χ0v) is 12.9. The summed E-state index contributed by atoms with van der Waals surface area (Å²) < 4.78 is 7.70. The third-order valence-corrected chi connectivity index (χ3v) is 3.65. The third kappa shape index (κ3) is 3.03. The van der Waals surface area contributed by atoms with Crippen molar-refractivity contribution in [3.63, 3.8) is 0 Å². The van der Waals surface area contributed by atoms with E-state index < -0.39 is 0 Å². The first-order valence-electron chi connectivity index (χ1n) is 7.33. The van der Waals surface area contributed by atoms with Gasteiger partial charge in [-0.2, -0.15) is 0 Å². The van der Waals surface area contributed by atoms with E-state index in [2.05, 4.69) is 42.5 Å². The number of imidazole rings is 1. The van der Waals surface area contributed by atoms with Gasteiger partial charge in [-0.1, -0.05) is 39.0 Å². The van der Waals surface area contributed by atoms with E-state index in [0.717, 1.165) is 25.1 Å². The van der Waals surface area contributed by atoms with E-state index in [4.69, 9.17) is 4.74 Å². The first-order valence-corrected chi connectivity index (χ1v) is 7.33. The van der Waals surface area contributed by atoms with Crippen LogP contribution in [0.5, 0.6) is 5.75 Å². The second-order valence-electron chi connectivity index (χ2n) is 5.34. The molecule has 0 unspecified atom stereocenters. The number of ether oxygens (including phenoxy) is 1. The fourth-order valence-corrected chi connectivity index (χ4v) is 2.70. The predicted molar refractivity (Wildman–Crippen MR) is 82.4 cm³/mol. The van der Waals surface area contributed by atoms with Crippen molar-refractivity contribution in [2.24, 2.45) is 0 Å². The van der Waals surface area contributed by atoms with E-state index in [1.165, 1.54) is 17.0 Å². The summed E-state index contributed by atoms with van der Waals surface area (Å²) >= 11 is 0. The average Bonchev–Trinajstić information content (AvgIpc) is 2.88. The summed E-state index contributed by atoms with van der Waals surface area (Å²) in [7, 11) is 1.73. The van der Waals surface area contributed by atoms with Crippen LogP contribution in [-0.4, -0.2) is 16.7 Å². The number of hydrogen-bond acceptors (Lipinski definition) is 2. The molecule has 0 amide bonds. The molecular formula is C17H24N2O. The Morgan fingerprint density at radius 3 is 2.65 bits per heavy atom. The van der Waals surface area contributed by atoms with Crippen LogP contribution in [-0.2, 0) is 19.4 Å². The Labute approximate surface area is 121 Å². The Bertz CT molecular complexity index is 558. The topological polar surface area (TPSA) is 27.1 Å². The van der Waals surface area contributed by atoms with Gasteiger partial charge < -0.3 is 9.30 Å². The van der Waals surface area contributed by atoms with E-state index in [1.54, 1.807) is 7.11 Å². The lowest BCUT2D eigenvalue weighted by Gasteiger charge is -2.14. The lowest BCUT2D eigenvalue weighted by atomic mass is 10.1. The quantitative estimate of drug-likeness (QED) is 0.799. The first-order chi connectivity index (χ1) is 9.67. The summed E-state index contributed by atoms with van der Waals surface area (Å²) in [6, 6.07) is 8.22. The van der Waals surface area contributed by atoms with Gasteiger partial charge in [0.25, 0.3) is 0 Å². The van der Waals surface area contributed by atoms with Gasteiger partial charge in [0, 0.05) is 12.2 Å². The minimum Gasteiger partial charge on any atom is -0.496 e.